The second-order valence-electron chi connectivity index (χ2n) is 6.53. The van der Waals surface area contributed by atoms with Crippen LogP contribution in [-0.4, -0.2) is 16.2 Å². The molecule has 0 saturated heterocycles. The molecule has 1 aromatic carbocycles. The molecule has 3 rings (SSSR count). The van der Waals surface area contributed by atoms with Crippen LogP contribution in [0, 0.1) is 12.8 Å². The summed E-state index contributed by atoms with van der Waals surface area (Å²) in [5.74, 6) is 0.737. The number of hydrogen-bond acceptors (Lipinski definition) is 4. The highest BCUT2D eigenvalue weighted by molar-refractivity contribution is 7.15. The minimum atomic E-state index is -0.241. The van der Waals surface area contributed by atoms with Crippen molar-refractivity contribution in [1.29, 1.82) is 0 Å². The van der Waals surface area contributed by atoms with E-state index in [-0.39, 0.29) is 12.1 Å². The fourth-order valence-corrected chi connectivity index (χ4v) is 4.18. The van der Waals surface area contributed by atoms with E-state index < -0.39 is 0 Å². The maximum atomic E-state index is 12.2. The average Bonchev–Trinajstić information content (AvgIpc) is 3.20. The van der Waals surface area contributed by atoms with Crippen LogP contribution in [0.2, 0.25) is 0 Å². The van der Waals surface area contributed by atoms with E-state index >= 15 is 0 Å². The molecule has 0 aliphatic heterocycles. The van der Waals surface area contributed by atoms with Crippen LogP contribution in [0.15, 0.2) is 24.3 Å². The number of aryl methyl sites for hydroxylation is 1. The van der Waals surface area contributed by atoms with Crippen LogP contribution in [0.25, 0.3) is 0 Å². The summed E-state index contributed by atoms with van der Waals surface area (Å²) in [5.41, 5.74) is 2.28. The average molecular weight is 344 g/mol. The first-order chi connectivity index (χ1) is 11.6. The molecule has 1 unspecified atom stereocenters. The maximum Gasteiger partial charge on any atom is 0.321 e. The zero-order chi connectivity index (χ0) is 16.9. The molecular formula is C18H24N4OS. The normalized spacial score (nSPS) is 16.1. The number of anilines is 1. The van der Waals surface area contributed by atoms with Crippen molar-refractivity contribution >= 4 is 22.5 Å². The highest BCUT2D eigenvalue weighted by atomic mass is 32.1. The lowest BCUT2D eigenvalue weighted by Crippen LogP contribution is -2.31. The van der Waals surface area contributed by atoms with Gasteiger partial charge in [0.15, 0.2) is 0 Å². The molecule has 1 aliphatic carbocycles. The molecule has 0 radical (unpaired) electrons. The third-order valence-electron chi connectivity index (χ3n) is 4.63. The number of benzene rings is 1. The molecule has 1 saturated carbocycles. The van der Waals surface area contributed by atoms with Gasteiger partial charge < -0.3 is 5.32 Å². The summed E-state index contributed by atoms with van der Waals surface area (Å²) in [7, 11) is 0. The van der Waals surface area contributed by atoms with Crippen LogP contribution < -0.4 is 10.6 Å². The first-order valence-electron chi connectivity index (χ1n) is 8.57. The van der Waals surface area contributed by atoms with E-state index in [9.17, 15) is 4.79 Å². The zero-order valence-corrected chi connectivity index (χ0v) is 15.0. The number of rotatable bonds is 5. The zero-order valence-electron chi connectivity index (χ0n) is 14.2. The van der Waals surface area contributed by atoms with Crippen LogP contribution in [0.1, 0.15) is 54.8 Å². The molecule has 24 heavy (non-hydrogen) atoms. The molecule has 1 aromatic heterocycles. The number of aromatic nitrogens is 2. The molecule has 0 spiro atoms. The first-order valence-corrected chi connectivity index (χ1v) is 9.39. The molecule has 1 aliphatic rings. The van der Waals surface area contributed by atoms with Crippen molar-refractivity contribution in [1.82, 2.24) is 15.5 Å². The molecule has 6 heteroatoms. The summed E-state index contributed by atoms with van der Waals surface area (Å²) in [4.78, 5) is 12.2. The number of urea groups is 1. The Kier molecular flexibility index (Phi) is 5.45. The largest absolute Gasteiger partial charge is 0.331 e. The minimum absolute atomic E-state index is 0.0583. The molecule has 2 aromatic rings. The van der Waals surface area contributed by atoms with E-state index in [2.05, 4.69) is 20.8 Å². The Morgan fingerprint density at radius 3 is 2.79 bits per heavy atom. The van der Waals surface area contributed by atoms with Gasteiger partial charge in [-0.1, -0.05) is 61.3 Å². The molecule has 128 valence electrons. The fraction of sp³-hybridized carbons (Fsp3) is 0.500. The van der Waals surface area contributed by atoms with E-state index in [1.165, 1.54) is 42.6 Å². The molecule has 1 heterocycles. The van der Waals surface area contributed by atoms with Gasteiger partial charge in [0.05, 0.1) is 6.04 Å². The molecule has 2 amide bonds. The van der Waals surface area contributed by atoms with Crippen LogP contribution in [0.5, 0.6) is 0 Å². The van der Waals surface area contributed by atoms with Gasteiger partial charge in [-0.3, -0.25) is 5.32 Å². The van der Waals surface area contributed by atoms with E-state index in [1.54, 1.807) is 0 Å². The van der Waals surface area contributed by atoms with E-state index in [4.69, 9.17) is 0 Å². The molecule has 5 nitrogen and oxygen atoms in total. The van der Waals surface area contributed by atoms with Gasteiger partial charge in [0.2, 0.25) is 5.13 Å². The minimum Gasteiger partial charge on any atom is -0.331 e. The molecule has 0 bridgehead atoms. The van der Waals surface area contributed by atoms with Gasteiger partial charge in [-0.05, 0) is 30.9 Å². The third kappa shape index (κ3) is 4.32. The van der Waals surface area contributed by atoms with E-state index in [0.29, 0.717) is 5.13 Å². The Morgan fingerprint density at radius 2 is 2.04 bits per heavy atom. The van der Waals surface area contributed by atoms with E-state index in [0.717, 1.165) is 22.9 Å². The van der Waals surface area contributed by atoms with Crippen LogP contribution >= 0.6 is 11.3 Å². The lowest BCUT2D eigenvalue weighted by molar-refractivity contribution is 0.249. The quantitative estimate of drug-likeness (QED) is 0.841. The van der Waals surface area contributed by atoms with Gasteiger partial charge in [-0.2, -0.15) is 0 Å². The number of nitrogens with zero attached hydrogens (tertiary/aromatic N) is 2. The Hall–Kier alpha value is -1.95. The lowest BCUT2D eigenvalue weighted by Gasteiger charge is -2.16. The van der Waals surface area contributed by atoms with Crippen molar-refractivity contribution in [2.24, 2.45) is 5.92 Å². The van der Waals surface area contributed by atoms with Crippen molar-refractivity contribution in [3.63, 3.8) is 0 Å². The fourth-order valence-electron chi connectivity index (χ4n) is 3.33. The van der Waals surface area contributed by atoms with Crippen LogP contribution in [-0.2, 0) is 6.42 Å². The molecule has 2 N–H and O–H groups in total. The summed E-state index contributed by atoms with van der Waals surface area (Å²) >= 11 is 1.48. The van der Waals surface area contributed by atoms with Gasteiger partial charge in [-0.15, -0.1) is 10.2 Å². The number of hydrogen-bond donors (Lipinski definition) is 2. The van der Waals surface area contributed by atoms with Gasteiger partial charge in [-0.25, -0.2) is 4.79 Å². The number of nitrogens with one attached hydrogen (secondary N) is 2. The van der Waals surface area contributed by atoms with Gasteiger partial charge in [0.1, 0.15) is 5.01 Å². The van der Waals surface area contributed by atoms with Crippen molar-refractivity contribution in [3.8, 4) is 0 Å². The first kappa shape index (κ1) is 16.9. The molecular weight excluding hydrogens is 320 g/mol. The summed E-state index contributed by atoms with van der Waals surface area (Å²) in [6, 6.07) is 7.76. The predicted octanol–water partition coefficient (Wildman–Crippen LogP) is 4.46. The number of carbonyl (C=O) groups excluding carboxylic acids is 1. The highest BCUT2D eigenvalue weighted by Crippen LogP contribution is 2.29. The Balaban J connectivity index is 1.53. The molecule has 1 fully saturated rings. The van der Waals surface area contributed by atoms with Crippen LogP contribution in [0.4, 0.5) is 9.93 Å². The topological polar surface area (TPSA) is 66.9 Å². The SMILES string of the molecule is Cc1ccccc1C(C)NC(=O)Nc1nnc(CC2CCCC2)s1. The Morgan fingerprint density at radius 1 is 1.29 bits per heavy atom. The smallest absolute Gasteiger partial charge is 0.321 e. The number of carbonyl (C=O) groups is 1. The van der Waals surface area contributed by atoms with Crippen molar-refractivity contribution in [3.05, 3.63) is 40.4 Å². The van der Waals surface area contributed by atoms with Crippen molar-refractivity contribution in [2.45, 2.75) is 52.0 Å². The number of amides is 2. The monoisotopic (exact) mass is 344 g/mol. The lowest BCUT2D eigenvalue weighted by atomic mass is 10.0. The summed E-state index contributed by atoms with van der Waals surface area (Å²) in [6.45, 7) is 4.03. The second kappa shape index (κ2) is 7.75. The molecule has 1 atom stereocenters. The maximum absolute atomic E-state index is 12.2. The standard InChI is InChI=1S/C18H24N4OS/c1-12-7-3-6-10-15(12)13(2)19-17(23)20-18-22-21-16(24-18)11-14-8-4-5-9-14/h3,6-7,10,13-14H,4-5,8-9,11H2,1-2H3,(H2,19,20,22,23). The third-order valence-corrected chi connectivity index (χ3v) is 5.49. The van der Waals surface area contributed by atoms with Crippen molar-refractivity contribution < 1.29 is 4.79 Å². The summed E-state index contributed by atoms with van der Waals surface area (Å²) in [6.07, 6.45) is 6.22. The van der Waals surface area contributed by atoms with Crippen LogP contribution in [0.3, 0.4) is 0 Å². The summed E-state index contributed by atoms with van der Waals surface area (Å²) in [5, 5.41) is 15.6. The second-order valence-corrected chi connectivity index (χ2v) is 7.59. The van der Waals surface area contributed by atoms with Gasteiger partial charge >= 0.3 is 6.03 Å². The van der Waals surface area contributed by atoms with Gasteiger partial charge in [0, 0.05) is 6.42 Å². The van der Waals surface area contributed by atoms with Gasteiger partial charge in [0.25, 0.3) is 0 Å². The Bertz CT molecular complexity index is 694. The highest BCUT2D eigenvalue weighted by Gasteiger charge is 2.18. The summed E-state index contributed by atoms with van der Waals surface area (Å²) < 4.78 is 0. The predicted molar refractivity (Wildman–Crippen MR) is 97.3 cm³/mol. The van der Waals surface area contributed by atoms with Crippen molar-refractivity contribution in [2.75, 3.05) is 5.32 Å². The Labute approximate surface area is 146 Å². The van der Waals surface area contributed by atoms with E-state index in [1.807, 2.05) is 38.1 Å².